The van der Waals surface area contributed by atoms with Gasteiger partial charge in [-0.2, -0.15) is 0 Å². The van der Waals surface area contributed by atoms with Crippen LogP contribution >= 0.6 is 0 Å². The van der Waals surface area contributed by atoms with E-state index in [0.29, 0.717) is 25.1 Å². The van der Waals surface area contributed by atoms with Crippen LogP contribution in [0.4, 0.5) is 0 Å². The maximum atomic E-state index is 12.5. The first-order valence-electron chi connectivity index (χ1n) is 7.35. The summed E-state index contributed by atoms with van der Waals surface area (Å²) >= 11 is 0. The number of rotatable bonds is 5. The molecule has 0 aromatic heterocycles. The molecule has 1 aliphatic rings. The molecule has 1 N–H and O–H groups in total. The molecule has 1 aromatic rings. The first-order chi connectivity index (χ1) is 10.1. The molecular weight excluding hydrogens is 270 g/mol. The minimum Gasteiger partial charge on any atom is -0.481 e. The van der Waals surface area contributed by atoms with Crippen molar-refractivity contribution in [2.24, 2.45) is 5.92 Å². The smallest absolute Gasteiger partial charge is 0.308 e. The van der Waals surface area contributed by atoms with Crippen LogP contribution in [-0.4, -0.2) is 41.1 Å². The lowest BCUT2D eigenvalue weighted by Crippen LogP contribution is -2.48. The summed E-state index contributed by atoms with van der Waals surface area (Å²) < 4.78 is 5.74. The lowest BCUT2D eigenvalue weighted by molar-refractivity contribution is -0.148. The van der Waals surface area contributed by atoms with Gasteiger partial charge >= 0.3 is 5.97 Å². The summed E-state index contributed by atoms with van der Waals surface area (Å²) in [6.45, 7) is 2.78. The standard InChI is InChI=1S/C16H21NO4/c1-2-14(21-13-8-4-3-5-9-13)15(18)17-10-6-7-12(11-17)16(19)20/h3-5,8-9,12,14H,2,6-7,10-11H2,1H3,(H,19,20)/t12-,14-/m0/s1. The third-order valence-corrected chi connectivity index (χ3v) is 3.75. The van der Waals surface area contributed by atoms with Gasteiger partial charge in [-0.25, -0.2) is 0 Å². The van der Waals surface area contributed by atoms with Crippen molar-refractivity contribution in [3.8, 4) is 5.75 Å². The molecule has 1 fully saturated rings. The van der Waals surface area contributed by atoms with Crippen LogP contribution in [0.25, 0.3) is 0 Å². The Kier molecular flexibility index (Phi) is 5.20. The fraction of sp³-hybridized carbons (Fsp3) is 0.500. The van der Waals surface area contributed by atoms with Gasteiger partial charge in [0.2, 0.25) is 0 Å². The number of nitrogens with zero attached hydrogens (tertiary/aromatic N) is 1. The Morgan fingerprint density at radius 1 is 1.38 bits per heavy atom. The van der Waals surface area contributed by atoms with Gasteiger partial charge < -0.3 is 14.7 Å². The van der Waals surface area contributed by atoms with Gasteiger partial charge in [0.15, 0.2) is 6.10 Å². The van der Waals surface area contributed by atoms with E-state index in [4.69, 9.17) is 9.84 Å². The number of carboxylic acids is 1. The molecule has 0 bridgehead atoms. The van der Waals surface area contributed by atoms with Crippen molar-refractivity contribution in [3.05, 3.63) is 30.3 Å². The van der Waals surface area contributed by atoms with Crippen molar-refractivity contribution in [2.75, 3.05) is 13.1 Å². The van der Waals surface area contributed by atoms with Crippen LogP contribution < -0.4 is 4.74 Å². The second kappa shape index (κ2) is 7.11. The molecule has 0 radical (unpaired) electrons. The highest BCUT2D eigenvalue weighted by Crippen LogP contribution is 2.20. The highest BCUT2D eigenvalue weighted by molar-refractivity contribution is 5.82. The van der Waals surface area contributed by atoms with Crippen molar-refractivity contribution in [2.45, 2.75) is 32.3 Å². The van der Waals surface area contributed by atoms with E-state index in [1.807, 2.05) is 37.3 Å². The number of carbonyl (C=O) groups is 2. The van der Waals surface area contributed by atoms with E-state index < -0.39 is 18.0 Å². The number of para-hydroxylation sites is 1. The summed E-state index contributed by atoms with van der Waals surface area (Å²) in [5.74, 6) is -0.752. The lowest BCUT2D eigenvalue weighted by atomic mass is 9.97. The molecule has 2 rings (SSSR count). The van der Waals surface area contributed by atoms with Crippen LogP contribution in [-0.2, 0) is 9.59 Å². The topological polar surface area (TPSA) is 66.8 Å². The van der Waals surface area contributed by atoms with Crippen LogP contribution in [0.15, 0.2) is 30.3 Å². The Bertz CT molecular complexity index is 488. The zero-order valence-electron chi connectivity index (χ0n) is 12.2. The monoisotopic (exact) mass is 291 g/mol. The summed E-state index contributed by atoms with van der Waals surface area (Å²) in [7, 11) is 0. The number of amides is 1. The second-order valence-electron chi connectivity index (χ2n) is 5.29. The molecule has 0 saturated carbocycles. The molecule has 1 aliphatic heterocycles. The van der Waals surface area contributed by atoms with E-state index in [1.165, 1.54) is 0 Å². The van der Waals surface area contributed by atoms with Gasteiger partial charge in [0, 0.05) is 13.1 Å². The van der Waals surface area contributed by atoms with Gasteiger partial charge in [-0.3, -0.25) is 9.59 Å². The zero-order valence-corrected chi connectivity index (χ0v) is 12.2. The largest absolute Gasteiger partial charge is 0.481 e. The molecule has 1 amide bonds. The van der Waals surface area contributed by atoms with Gasteiger partial charge in [-0.05, 0) is 31.4 Å². The third-order valence-electron chi connectivity index (χ3n) is 3.75. The molecule has 0 unspecified atom stereocenters. The number of carbonyl (C=O) groups excluding carboxylic acids is 1. The number of aliphatic carboxylic acids is 1. The van der Waals surface area contributed by atoms with Crippen molar-refractivity contribution in [1.82, 2.24) is 4.90 Å². The Labute approximate surface area is 124 Å². The summed E-state index contributed by atoms with van der Waals surface area (Å²) in [6, 6.07) is 9.22. The van der Waals surface area contributed by atoms with Crippen LogP contribution in [0.2, 0.25) is 0 Å². The van der Waals surface area contributed by atoms with Crippen molar-refractivity contribution < 1.29 is 19.4 Å². The molecule has 0 spiro atoms. The van der Waals surface area contributed by atoms with Gasteiger partial charge in [0.05, 0.1) is 5.92 Å². The average Bonchev–Trinajstić information content (AvgIpc) is 2.53. The number of piperidine rings is 1. The molecule has 2 atom stereocenters. The zero-order chi connectivity index (χ0) is 15.2. The van der Waals surface area contributed by atoms with E-state index in [9.17, 15) is 9.59 Å². The Morgan fingerprint density at radius 3 is 2.71 bits per heavy atom. The van der Waals surface area contributed by atoms with Gasteiger partial charge in [-0.15, -0.1) is 0 Å². The Balaban J connectivity index is 2.00. The number of ether oxygens (including phenoxy) is 1. The number of hydrogen-bond acceptors (Lipinski definition) is 3. The average molecular weight is 291 g/mol. The molecular formula is C16H21NO4. The van der Waals surface area contributed by atoms with E-state index in [2.05, 4.69) is 0 Å². The first-order valence-corrected chi connectivity index (χ1v) is 7.35. The van der Waals surface area contributed by atoms with Crippen molar-refractivity contribution >= 4 is 11.9 Å². The number of benzene rings is 1. The van der Waals surface area contributed by atoms with Crippen LogP contribution in [0.5, 0.6) is 5.75 Å². The minimum absolute atomic E-state index is 0.118. The van der Waals surface area contributed by atoms with E-state index >= 15 is 0 Å². The summed E-state index contributed by atoms with van der Waals surface area (Å²) in [6.07, 6.45) is 1.36. The SMILES string of the molecule is CC[C@H](Oc1ccccc1)C(=O)N1CCC[C@H](C(=O)O)C1. The lowest BCUT2D eigenvalue weighted by Gasteiger charge is -2.33. The molecule has 114 valence electrons. The summed E-state index contributed by atoms with van der Waals surface area (Å²) in [5.41, 5.74) is 0. The predicted octanol–water partition coefficient (Wildman–Crippen LogP) is 2.17. The molecule has 1 saturated heterocycles. The quantitative estimate of drug-likeness (QED) is 0.903. The van der Waals surface area contributed by atoms with Gasteiger partial charge in [0.1, 0.15) is 5.75 Å². The third kappa shape index (κ3) is 3.97. The molecule has 21 heavy (non-hydrogen) atoms. The molecule has 1 heterocycles. The minimum atomic E-state index is -0.829. The number of carboxylic acid groups (broad SMARTS) is 1. The molecule has 5 nitrogen and oxygen atoms in total. The molecule has 0 aliphatic carbocycles. The maximum absolute atomic E-state index is 12.5. The van der Waals surface area contributed by atoms with Crippen LogP contribution in [0, 0.1) is 5.92 Å². The Morgan fingerprint density at radius 2 is 2.10 bits per heavy atom. The highest BCUT2D eigenvalue weighted by Gasteiger charge is 2.31. The maximum Gasteiger partial charge on any atom is 0.308 e. The van der Waals surface area contributed by atoms with Crippen molar-refractivity contribution in [1.29, 1.82) is 0 Å². The fourth-order valence-electron chi connectivity index (χ4n) is 2.55. The van der Waals surface area contributed by atoms with Crippen molar-refractivity contribution in [3.63, 3.8) is 0 Å². The number of hydrogen-bond donors (Lipinski definition) is 1. The fourth-order valence-corrected chi connectivity index (χ4v) is 2.55. The summed E-state index contributed by atoms with van der Waals surface area (Å²) in [5, 5.41) is 9.10. The normalized spacial score (nSPS) is 19.9. The Hall–Kier alpha value is -2.04. The van der Waals surface area contributed by atoms with Gasteiger partial charge in [0.25, 0.3) is 5.91 Å². The number of likely N-dealkylation sites (tertiary alicyclic amines) is 1. The summed E-state index contributed by atoms with van der Waals surface area (Å²) in [4.78, 5) is 25.2. The molecule has 1 aromatic carbocycles. The van der Waals surface area contributed by atoms with Crippen LogP contribution in [0.1, 0.15) is 26.2 Å². The van der Waals surface area contributed by atoms with E-state index in [0.717, 1.165) is 6.42 Å². The van der Waals surface area contributed by atoms with E-state index in [-0.39, 0.29) is 12.5 Å². The van der Waals surface area contributed by atoms with Gasteiger partial charge in [-0.1, -0.05) is 25.1 Å². The van der Waals surface area contributed by atoms with Crippen LogP contribution in [0.3, 0.4) is 0 Å². The highest BCUT2D eigenvalue weighted by atomic mass is 16.5. The predicted molar refractivity (Wildman–Crippen MR) is 78.1 cm³/mol. The second-order valence-corrected chi connectivity index (χ2v) is 5.29. The first kappa shape index (κ1) is 15.4. The molecule has 5 heteroatoms. The van der Waals surface area contributed by atoms with E-state index in [1.54, 1.807) is 4.90 Å².